The number of nitrogens with one attached hydrogen (secondary N) is 1. The molecule has 2 atom stereocenters. The highest BCUT2D eigenvalue weighted by Gasteiger charge is 2.19. The molecule has 0 aromatic carbocycles. The molecule has 98 valence electrons. The van der Waals surface area contributed by atoms with Crippen LogP contribution < -0.4 is 11.1 Å². The monoisotopic (exact) mass is 260 g/mol. The maximum absolute atomic E-state index is 11.7. The van der Waals surface area contributed by atoms with Crippen LogP contribution >= 0.6 is 0 Å². The van der Waals surface area contributed by atoms with Crippen LogP contribution in [0, 0.1) is 0 Å². The van der Waals surface area contributed by atoms with Gasteiger partial charge >= 0.3 is 0 Å². The fourth-order valence-corrected chi connectivity index (χ4v) is 2.39. The largest absolute Gasteiger partial charge is 0.352 e. The zero-order chi connectivity index (χ0) is 12.9. The van der Waals surface area contributed by atoms with Gasteiger partial charge in [0.1, 0.15) is 9.84 Å². The molecule has 0 saturated carbocycles. The number of hydrogen-bond acceptors (Lipinski definition) is 4. The van der Waals surface area contributed by atoms with E-state index in [0.717, 1.165) is 25.5 Å². The van der Waals surface area contributed by atoms with Crippen LogP contribution in [0.4, 0.5) is 0 Å². The molecule has 1 aliphatic carbocycles. The highest BCUT2D eigenvalue weighted by Crippen LogP contribution is 2.10. The number of nitrogens with two attached hydrogens (primary N) is 1. The van der Waals surface area contributed by atoms with Gasteiger partial charge in [0.15, 0.2) is 0 Å². The van der Waals surface area contributed by atoms with E-state index in [0.29, 0.717) is 0 Å². The number of rotatable bonds is 5. The van der Waals surface area contributed by atoms with Gasteiger partial charge in [0.2, 0.25) is 5.91 Å². The van der Waals surface area contributed by atoms with Crippen LogP contribution in [-0.2, 0) is 14.6 Å². The van der Waals surface area contributed by atoms with E-state index in [-0.39, 0.29) is 24.1 Å². The quantitative estimate of drug-likeness (QED) is 0.679. The second kappa shape index (κ2) is 6.16. The van der Waals surface area contributed by atoms with E-state index in [9.17, 15) is 13.2 Å². The molecule has 1 aliphatic rings. The maximum Gasteiger partial charge on any atom is 0.237 e. The van der Waals surface area contributed by atoms with Crippen LogP contribution in [0.15, 0.2) is 12.2 Å². The lowest BCUT2D eigenvalue weighted by atomic mass is 10.0. The molecular formula is C11H20N2O3S. The Bertz CT molecular complexity index is 390. The number of allylic oxidation sites excluding steroid dienone is 1. The van der Waals surface area contributed by atoms with Crippen molar-refractivity contribution in [3.63, 3.8) is 0 Å². The van der Waals surface area contributed by atoms with Gasteiger partial charge in [0.25, 0.3) is 0 Å². The predicted octanol–water partition coefficient (Wildman–Crippen LogP) is -0.0267. The molecule has 1 amide bonds. The van der Waals surface area contributed by atoms with E-state index in [1.807, 2.05) is 6.08 Å². The van der Waals surface area contributed by atoms with E-state index < -0.39 is 15.9 Å². The summed E-state index contributed by atoms with van der Waals surface area (Å²) in [6.07, 6.45) is 8.15. The van der Waals surface area contributed by atoms with Gasteiger partial charge < -0.3 is 11.1 Å². The Morgan fingerprint density at radius 1 is 1.53 bits per heavy atom. The zero-order valence-corrected chi connectivity index (χ0v) is 10.9. The first-order valence-corrected chi connectivity index (χ1v) is 7.83. The van der Waals surface area contributed by atoms with Crippen molar-refractivity contribution in [2.45, 2.75) is 37.8 Å². The number of hydrogen-bond donors (Lipinski definition) is 2. The van der Waals surface area contributed by atoms with Crippen molar-refractivity contribution in [1.82, 2.24) is 5.32 Å². The summed E-state index contributed by atoms with van der Waals surface area (Å²) in [7, 11) is -3.06. The normalized spacial score (nSPS) is 22.1. The zero-order valence-electron chi connectivity index (χ0n) is 10.1. The number of carbonyl (C=O) groups is 1. The molecule has 0 fully saturated rings. The molecule has 17 heavy (non-hydrogen) atoms. The molecule has 2 unspecified atom stereocenters. The molecule has 0 radical (unpaired) electrons. The highest BCUT2D eigenvalue weighted by molar-refractivity contribution is 7.90. The van der Waals surface area contributed by atoms with E-state index in [2.05, 4.69) is 11.4 Å². The highest BCUT2D eigenvalue weighted by atomic mass is 32.2. The molecule has 0 saturated heterocycles. The van der Waals surface area contributed by atoms with Crippen LogP contribution in [0.1, 0.15) is 25.7 Å². The van der Waals surface area contributed by atoms with E-state index >= 15 is 0 Å². The van der Waals surface area contributed by atoms with E-state index in [1.165, 1.54) is 0 Å². The molecule has 0 spiro atoms. The van der Waals surface area contributed by atoms with Gasteiger partial charge in [-0.05, 0) is 25.7 Å². The summed E-state index contributed by atoms with van der Waals surface area (Å²) in [6, 6.07) is -0.604. The van der Waals surface area contributed by atoms with Crippen molar-refractivity contribution >= 4 is 15.7 Å². The number of carbonyl (C=O) groups excluding carboxylic acids is 1. The Morgan fingerprint density at radius 2 is 2.24 bits per heavy atom. The first kappa shape index (κ1) is 14.2. The van der Waals surface area contributed by atoms with Gasteiger partial charge in [-0.25, -0.2) is 8.42 Å². The molecule has 6 heteroatoms. The topological polar surface area (TPSA) is 89.3 Å². The van der Waals surface area contributed by atoms with E-state index in [1.54, 1.807) is 0 Å². The lowest BCUT2D eigenvalue weighted by molar-refractivity contribution is -0.123. The van der Waals surface area contributed by atoms with Gasteiger partial charge in [-0.15, -0.1) is 0 Å². The Labute approximate surface area is 102 Å². The third-order valence-electron chi connectivity index (χ3n) is 2.75. The minimum absolute atomic E-state index is 0.0494. The standard InChI is InChI=1S/C11H20N2O3S/c1-17(15,16)8-7-10(12)11(14)13-9-5-3-2-4-6-9/h2-3,9-10H,4-8,12H2,1H3,(H,13,14). The summed E-state index contributed by atoms with van der Waals surface area (Å²) in [6.45, 7) is 0. The second-order valence-electron chi connectivity index (χ2n) is 4.52. The van der Waals surface area contributed by atoms with Crippen LogP contribution in [0.2, 0.25) is 0 Å². The Kier molecular flexibility index (Phi) is 5.14. The molecule has 0 bridgehead atoms. The smallest absolute Gasteiger partial charge is 0.237 e. The average molecular weight is 260 g/mol. The molecule has 0 aromatic rings. The van der Waals surface area contributed by atoms with Crippen molar-refractivity contribution in [1.29, 1.82) is 0 Å². The fourth-order valence-electron chi connectivity index (χ4n) is 1.71. The molecular weight excluding hydrogens is 240 g/mol. The summed E-state index contributed by atoms with van der Waals surface area (Å²) in [5, 5.41) is 2.84. The lowest BCUT2D eigenvalue weighted by Crippen LogP contribution is -2.46. The van der Waals surface area contributed by atoms with Gasteiger partial charge in [0, 0.05) is 12.3 Å². The van der Waals surface area contributed by atoms with Crippen molar-refractivity contribution in [3.05, 3.63) is 12.2 Å². The summed E-state index contributed by atoms with van der Waals surface area (Å²) < 4.78 is 21.9. The Balaban J connectivity index is 2.33. The third-order valence-corrected chi connectivity index (χ3v) is 3.73. The summed E-state index contributed by atoms with van der Waals surface area (Å²) in [5.74, 6) is -0.305. The Hall–Kier alpha value is -0.880. The van der Waals surface area contributed by atoms with Gasteiger partial charge in [-0.3, -0.25) is 4.79 Å². The predicted molar refractivity (Wildman–Crippen MR) is 67.2 cm³/mol. The van der Waals surface area contributed by atoms with Crippen molar-refractivity contribution in [2.24, 2.45) is 5.73 Å². The van der Waals surface area contributed by atoms with Gasteiger partial charge in [0.05, 0.1) is 11.8 Å². The number of amides is 1. The second-order valence-corrected chi connectivity index (χ2v) is 6.77. The molecule has 0 heterocycles. The van der Waals surface area contributed by atoms with Crippen LogP contribution in [0.5, 0.6) is 0 Å². The molecule has 0 aromatic heterocycles. The molecule has 0 aliphatic heterocycles. The average Bonchev–Trinajstić information content (AvgIpc) is 2.26. The van der Waals surface area contributed by atoms with Crippen molar-refractivity contribution in [2.75, 3.05) is 12.0 Å². The molecule has 3 N–H and O–H groups in total. The summed E-state index contributed by atoms with van der Waals surface area (Å²) in [5.41, 5.74) is 5.65. The van der Waals surface area contributed by atoms with Crippen molar-refractivity contribution < 1.29 is 13.2 Å². The summed E-state index contributed by atoms with van der Waals surface area (Å²) >= 11 is 0. The first-order valence-electron chi connectivity index (χ1n) is 5.77. The Morgan fingerprint density at radius 3 is 2.76 bits per heavy atom. The van der Waals surface area contributed by atoms with Crippen LogP contribution in [0.25, 0.3) is 0 Å². The minimum atomic E-state index is -3.06. The molecule has 5 nitrogen and oxygen atoms in total. The number of sulfone groups is 1. The van der Waals surface area contributed by atoms with Crippen LogP contribution in [-0.4, -0.2) is 38.4 Å². The van der Waals surface area contributed by atoms with E-state index in [4.69, 9.17) is 5.73 Å². The SMILES string of the molecule is CS(=O)(=O)CCC(N)C(=O)NC1CC=CCC1. The van der Waals surface area contributed by atoms with Gasteiger partial charge in [-0.2, -0.15) is 0 Å². The summed E-state index contributed by atoms with van der Waals surface area (Å²) in [4.78, 5) is 11.7. The maximum atomic E-state index is 11.7. The lowest BCUT2D eigenvalue weighted by Gasteiger charge is -2.21. The van der Waals surface area contributed by atoms with Crippen molar-refractivity contribution in [3.8, 4) is 0 Å². The third kappa shape index (κ3) is 5.83. The first-order chi connectivity index (χ1) is 7.88. The van der Waals surface area contributed by atoms with Crippen LogP contribution in [0.3, 0.4) is 0 Å². The van der Waals surface area contributed by atoms with Gasteiger partial charge in [-0.1, -0.05) is 12.2 Å². The molecule has 1 rings (SSSR count). The minimum Gasteiger partial charge on any atom is -0.352 e. The fraction of sp³-hybridized carbons (Fsp3) is 0.727.